The van der Waals surface area contributed by atoms with Crippen molar-refractivity contribution in [2.24, 2.45) is 0 Å². The maximum Gasteiger partial charge on any atom is 0.340 e. The van der Waals surface area contributed by atoms with Crippen LogP contribution in [0.1, 0.15) is 37.0 Å². The Morgan fingerprint density at radius 2 is 2.11 bits per heavy atom. The molecule has 0 bridgehead atoms. The van der Waals surface area contributed by atoms with Gasteiger partial charge in [-0.1, -0.05) is 25.1 Å². The van der Waals surface area contributed by atoms with Crippen molar-refractivity contribution in [2.75, 3.05) is 20.9 Å². The Labute approximate surface area is 169 Å². The van der Waals surface area contributed by atoms with Crippen molar-refractivity contribution >= 4 is 28.4 Å². The zero-order chi connectivity index (χ0) is 20.1. The molecule has 1 aromatic carbocycles. The van der Waals surface area contributed by atoms with E-state index in [9.17, 15) is 4.79 Å². The predicted molar refractivity (Wildman–Crippen MR) is 112 cm³/mol. The molecule has 7 heteroatoms. The molecule has 2 heterocycles. The summed E-state index contributed by atoms with van der Waals surface area (Å²) in [5, 5.41) is 2.80. The Bertz CT molecular complexity index is 907. The van der Waals surface area contributed by atoms with Gasteiger partial charge in [-0.05, 0) is 50.5 Å². The van der Waals surface area contributed by atoms with Crippen molar-refractivity contribution in [1.29, 1.82) is 0 Å². The molecule has 0 aliphatic rings. The number of esters is 1. The quantitative estimate of drug-likeness (QED) is 0.394. The third-order valence-electron chi connectivity index (χ3n) is 5.02. The van der Waals surface area contributed by atoms with Crippen LogP contribution in [0.25, 0.3) is 16.7 Å². The van der Waals surface area contributed by atoms with Gasteiger partial charge in [0.25, 0.3) is 0 Å². The van der Waals surface area contributed by atoms with Gasteiger partial charge in [-0.25, -0.2) is 4.79 Å². The SMILES string of the molecule is CCC(CC(C)N(C)COC)OC(=O)c1cn(-c2ccsn2)c2ccccc12. The van der Waals surface area contributed by atoms with Crippen molar-refractivity contribution in [2.45, 2.75) is 38.8 Å². The molecule has 0 amide bonds. The maximum absolute atomic E-state index is 13.0. The fourth-order valence-electron chi connectivity index (χ4n) is 3.27. The van der Waals surface area contributed by atoms with Crippen molar-refractivity contribution in [1.82, 2.24) is 13.8 Å². The van der Waals surface area contributed by atoms with E-state index < -0.39 is 0 Å². The van der Waals surface area contributed by atoms with Crippen molar-refractivity contribution in [3.05, 3.63) is 47.5 Å². The van der Waals surface area contributed by atoms with E-state index in [4.69, 9.17) is 9.47 Å². The minimum atomic E-state index is -0.293. The van der Waals surface area contributed by atoms with Gasteiger partial charge in [-0.15, -0.1) is 0 Å². The highest BCUT2D eigenvalue weighted by Gasteiger charge is 2.23. The van der Waals surface area contributed by atoms with E-state index in [0.717, 1.165) is 29.6 Å². The van der Waals surface area contributed by atoms with E-state index in [1.807, 2.05) is 60.4 Å². The van der Waals surface area contributed by atoms with E-state index in [2.05, 4.69) is 16.2 Å². The molecule has 0 fully saturated rings. The average molecular weight is 402 g/mol. The first-order valence-corrected chi connectivity index (χ1v) is 10.3. The largest absolute Gasteiger partial charge is 0.459 e. The summed E-state index contributed by atoms with van der Waals surface area (Å²) in [6.07, 6.45) is 3.20. The van der Waals surface area contributed by atoms with Gasteiger partial charge in [0, 0.05) is 30.1 Å². The van der Waals surface area contributed by atoms with E-state index in [-0.39, 0.29) is 18.1 Å². The minimum Gasteiger partial charge on any atom is -0.459 e. The van der Waals surface area contributed by atoms with Gasteiger partial charge in [0.15, 0.2) is 5.82 Å². The number of hydrogen-bond donors (Lipinski definition) is 0. The summed E-state index contributed by atoms with van der Waals surface area (Å²) in [6, 6.07) is 10.0. The molecule has 3 aromatic rings. The number of rotatable bonds is 9. The minimum absolute atomic E-state index is 0.150. The predicted octanol–water partition coefficient (Wildman–Crippen LogP) is 4.34. The van der Waals surface area contributed by atoms with E-state index in [1.54, 1.807) is 7.11 Å². The highest BCUT2D eigenvalue weighted by atomic mass is 32.1. The van der Waals surface area contributed by atoms with Crippen LogP contribution in [0.15, 0.2) is 41.9 Å². The normalized spacial score (nSPS) is 13.8. The van der Waals surface area contributed by atoms with Crippen LogP contribution in [0.3, 0.4) is 0 Å². The van der Waals surface area contributed by atoms with Crippen LogP contribution in [0.4, 0.5) is 0 Å². The van der Waals surface area contributed by atoms with Crippen LogP contribution in [-0.2, 0) is 9.47 Å². The zero-order valence-corrected chi connectivity index (χ0v) is 17.6. The topological polar surface area (TPSA) is 56.6 Å². The van der Waals surface area contributed by atoms with Gasteiger partial charge < -0.3 is 9.47 Å². The number of methoxy groups -OCH3 is 1. The van der Waals surface area contributed by atoms with Crippen LogP contribution >= 0.6 is 11.5 Å². The monoisotopic (exact) mass is 401 g/mol. The summed E-state index contributed by atoms with van der Waals surface area (Å²) in [7, 11) is 3.68. The summed E-state index contributed by atoms with van der Waals surface area (Å²) < 4.78 is 17.4. The lowest BCUT2D eigenvalue weighted by Gasteiger charge is -2.27. The number of fused-ring (bicyclic) bond motifs is 1. The molecule has 2 unspecified atom stereocenters. The lowest BCUT2D eigenvalue weighted by Crippen LogP contribution is -2.35. The Morgan fingerprint density at radius 3 is 2.79 bits per heavy atom. The smallest absolute Gasteiger partial charge is 0.340 e. The molecule has 2 aromatic heterocycles. The Morgan fingerprint density at radius 1 is 1.32 bits per heavy atom. The molecule has 0 spiro atoms. The molecule has 0 aliphatic carbocycles. The third-order valence-corrected chi connectivity index (χ3v) is 5.57. The molecular weight excluding hydrogens is 374 g/mol. The second-order valence-corrected chi connectivity index (χ2v) is 7.65. The van der Waals surface area contributed by atoms with Gasteiger partial charge >= 0.3 is 5.97 Å². The third kappa shape index (κ3) is 4.43. The molecule has 6 nitrogen and oxygen atoms in total. The first-order chi connectivity index (χ1) is 13.5. The summed E-state index contributed by atoms with van der Waals surface area (Å²) in [6.45, 7) is 4.70. The molecule has 3 rings (SSSR count). The standard InChI is InChI=1S/C21H27N3O3S/c1-5-16(12-15(2)23(3)14-26-4)27-21(25)18-13-24(20-10-11-28-22-20)19-9-7-6-8-17(18)19/h6-11,13,15-16H,5,12,14H2,1-4H3. The Kier molecular flexibility index (Phi) is 6.83. The molecule has 0 aliphatic heterocycles. The Hall–Kier alpha value is -2.22. The van der Waals surface area contributed by atoms with E-state index >= 15 is 0 Å². The van der Waals surface area contributed by atoms with Crippen molar-refractivity contribution in [3.8, 4) is 5.82 Å². The van der Waals surface area contributed by atoms with Gasteiger partial charge in [0.1, 0.15) is 6.10 Å². The van der Waals surface area contributed by atoms with Crippen LogP contribution < -0.4 is 0 Å². The average Bonchev–Trinajstić information content (AvgIpc) is 3.35. The number of carbonyl (C=O) groups excluding carboxylic acids is 1. The fraction of sp³-hybridized carbons (Fsp3) is 0.429. The highest BCUT2D eigenvalue weighted by Crippen LogP contribution is 2.26. The second-order valence-electron chi connectivity index (χ2n) is 6.98. The van der Waals surface area contributed by atoms with Crippen LogP contribution in [0.2, 0.25) is 0 Å². The van der Waals surface area contributed by atoms with Gasteiger partial charge in [-0.3, -0.25) is 9.47 Å². The summed E-state index contributed by atoms with van der Waals surface area (Å²) in [5.41, 5.74) is 1.52. The van der Waals surface area contributed by atoms with Gasteiger partial charge in [0.2, 0.25) is 0 Å². The fourth-order valence-corrected chi connectivity index (χ4v) is 3.77. The van der Waals surface area contributed by atoms with E-state index in [1.165, 1.54) is 11.5 Å². The number of para-hydroxylation sites is 1. The molecule has 0 N–H and O–H groups in total. The number of benzene rings is 1. The summed E-state index contributed by atoms with van der Waals surface area (Å²) in [5.74, 6) is 0.515. The molecule has 150 valence electrons. The van der Waals surface area contributed by atoms with Gasteiger partial charge in [0.05, 0.1) is 17.8 Å². The van der Waals surface area contributed by atoms with Crippen molar-refractivity contribution in [3.63, 3.8) is 0 Å². The molecule has 0 saturated carbocycles. The first-order valence-electron chi connectivity index (χ1n) is 9.46. The maximum atomic E-state index is 13.0. The Balaban J connectivity index is 1.81. The molecule has 0 radical (unpaired) electrons. The second kappa shape index (κ2) is 9.32. The summed E-state index contributed by atoms with van der Waals surface area (Å²) in [4.78, 5) is 15.1. The molecular formula is C21H27N3O3S. The first kappa shape index (κ1) is 20.5. The van der Waals surface area contributed by atoms with Crippen LogP contribution in [-0.4, -0.2) is 52.8 Å². The molecule has 0 saturated heterocycles. The van der Waals surface area contributed by atoms with Crippen molar-refractivity contribution < 1.29 is 14.3 Å². The lowest BCUT2D eigenvalue weighted by atomic mass is 10.1. The lowest BCUT2D eigenvalue weighted by molar-refractivity contribution is 0.00953. The van der Waals surface area contributed by atoms with Crippen LogP contribution in [0, 0.1) is 0 Å². The number of carbonyl (C=O) groups is 1. The number of nitrogens with zero attached hydrogens (tertiary/aromatic N) is 3. The molecule has 28 heavy (non-hydrogen) atoms. The highest BCUT2D eigenvalue weighted by molar-refractivity contribution is 7.03. The van der Waals surface area contributed by atoms with E-state index in [0.29, 0.717) is 12.3 Å². The molecule has 2 atom stereocenters. The van der Waals surface area contributed by atoms with Gasteiger partial charge in [-0.2, -0.15) is 4.37 Å². The number of ether oxygens (including phenoxy) is 2. The summed E-state index contributed by atoms with van der Waals surface area (Å²) >= 11 is 1.39. The number of aromatic nitrogens is 2. The number of hydrogen-bond acceptors (Lipinski definition) is 6. The zero-order valence-electron chi connectivity index (χ0n) is 16.8. The van der Waals surface area contributed by atoms with Crippen LogP contribution in [0.5, 0.6) is 0 Å².